The van der Waals surface area contributed by atoms with E-state index in [9.17, 15) is 0 Å². The molecule has 1 heterocycles. The lowest BCUT2D eigenvalue weighted by Gasteiger charge is -2.26. The summed E-state index contributed by atoms with van der Waals surface area (Å²) in [5.41, 5.74) is 2.13. The van der Waals surface area contributed by atoms with Crippen LogP contribution in [0.5, 0.6) is 5.75 Å². The van der Waals surface area contributed by atoms with Gasteiger partial charge in [0.15, 0.2) is 0 Å². The standard InChI is InChI=1S/C11H12N2O/c1-8-3-2-4-10-11(8)14-7-9(13-10)5-6-12/h2-4,9,13H,5,7H2,1H3. The number of aryl methyl sites for hydroxylation is 1. The molecule has 0 saturated carbocycles. The Hall–Kier alpha value is -1.69. The van der Waals surface area contributed by atoms with Crippen molar-refractivity contribution in [1.82, 2.24) is 0 Å². The minimum absolute atomic E-state index is 0.120. The van der Waals surface area contributed by atoms with Gasteiger partial charge in [-0.15, -0.1) is 0 Å². The molecule has 1 aliphatic heterocycles. The summed E-state index contributed by atoms with van der Waals surface area (Å²) in [5.74, 6) is 0.918. The molecular formula is C11H12N2O. The number of hydrogen-bond acceptors (Lipinski definition) is 3. The summed E-state index contributed by atoms with van der Waals surface area (Å²) >= 11 is 0. The summed E-state index contributed by atoms with van der Waals surface area (Å²) in [4.78, 5) is 0. The SMILES string of the molecule is Cc1cccc2c1OCC(CC#N)N2. The molecule has 1 unspecified atom stereocenters. The van der Waals surface area contributed by atoms with Gasteiger partial charge in [0.1, 0.15) is 12.4 Å². The van der Waals surface area contributed by atoms with Crippen LogP contribution in [0.15, 0.2) is 18.2 Å². The van der Waals surface area contributed by atoms with Gasteiger partial charge in [-0.1, -0.05) is 12.1 Å². The second-order valence-corrected chi connectivity index (χ2v) is 3.47. The molecule has 2 rings (SSSR count). The van der Waals surface area contributed by atoms with Crippen molar-refractivity contribution in [3.63, 3.8) is 0 Å². The zero-order valence-corrected chi connectivity index (χ0v) is 8.08. The molecule has 1 aliphatic rings. The summed E-state index contributed by atoms with van der Waals surface area (Å²) in [6, 6.07) is 8.24. The van der Waals surface area contributed by atoms with Crippen molar-refractivity contribution in [2.45, 2.75) is 19.4 Å². The van der Waals surface area contributed by atoms with Crippen LogP contribution in [-0.4, -0.2) is 12.6 Å². The van der Waals surface area contributed by atoms with Gasteiger partial charge in [0.05, 0.1) is 24.2 Å². The van der Waals surface area contributed by atoms with E-state index in [1.54, 1.807) is 0 Å². The van der Waals surface area contributed by atoms with Crippen molar-refractivity contribution in [1.29, 1.82) is 5.26 Å². The molecule has 1 atom stereocenters. The van der Waals surface area contributed by atoms with Crippen LogP contribution in [0.3, 0.4) is 0 Å². The Morgan fingerprint density at radius 1 is 1.64 bits per heavy atom. The van der Waals surface area contributed by atoms with Crippen molar-refractivity contribution in [2.75, 3.05) is 11.9 Å². The number of benzene rings is 1. The van der Waals surface area contributed by atoms with Crippen LogP contribution < -0.4 is 10.1 Å². The summed E-state index contributed by atoms with van der Waals surface area (Å²) < 4.78 is 5.61. The summed E-state index contributed by atoms with van der Waals surface area (Å²) in [5, 5.41) is 11.9. The Kier molecular flexibility index (Phi) is 2.28. The highest BCUT2D eigenvalue weighted by atomic mass is 16.5. The number of nitrogens with one attached hydrogen (secondary N) is 1. The van der Waals surface area contributed by atoms with E-state index in [1.807, 2.05) is 25.1 Å². The van der Waals surface area contributed by atoms with E-state index in [-0.39, 0.29) is 6.04 Å². The normalized spacial score (nSPS) is 18.7. The monoisotopic (exact) mass is 188 g/mol. The Bertz CT molecular complexity index is 381. The van der Waals surface area contributed by atoms with Crippen LogP contribution in [0.1, 0.15) is 12.0 Å². The highest BCUT2D eigenvalue weighted by molar-refractivity contribution is 5.61. The molecule has 3 nitrogen and oxygen atoms in total. The Morgan fingerprint density at radius 2 is 2.50 bits per heavy atom. The van der Waals surface area contributed by atoms with Crippen LogP contribution in [0.4, 0.5) is 5.69 Å². The fourth-order valence-corrected chi connectivity index (χ4v) is 1.62. The number of fused-ring (bicyclic) bond motifs is 1. The molecule has 0 amide bonds. The first kappa shape index (κ1) is 8.89. The number of ether oxygens (including phenoxy) is 1. The molecule has 1 aromatic carbocycles. The Morgan fingerprint density at radius 3 is 3.29 bits per heavy atom. The average Bonchev–Trinajstić information content (AvgIpc) is 2.18. The minimum Gasteiger partial charge on any atom is -0.489 e. The van der Waals surface area contributed by atoms with Crippen molar-refractivity contribution in [3.05, 3.63) is 23.8 Å². The van der Waals surface area contributed by atoms with Crippen LogP contribution in [0, 0.1) is 18.3 Å². The van der Waals surface area contributed by atoms with Gasteiger partial charge in [0.2, 0.25) is 0 Å². The molecule has 14 heavy (non-hydrogen) atoms. The van der Waals surface area contributed by atoms with Gasteiger partial charge in [-0.25, -0.2) is 0 Å². The molecule has 0 spiro atoms. The number of nitrogens with zero attached hydrogens (tertiary/aromatic N) is 1. The zero-order chi connectivity index (χ0) is 9.97. The first-order valence-electron chi connectivity index (χ1n) is 4.67. The van der Waals surface area contributed by atoms with Crippen LogP contribution in [-0.2, 0) is 0 Å². The Balaban J connectivity index is 2.24. The first-order chi connectivity index (χ1) is 6.81. The molecule has 0 aliphatic carbocycles. The third kappa shape index (κ3) is 1.51. The van der Waals surface area contributed by atoms with Crippen LogP contribution in [0.2, 0.25) is 0 Å². The third-order valence-electron chi connectivity index (χ3n) is 2.34. The predicted molar refractivity (Wildman–Crippen MR) is 54.3 cm³/mol. The van der Waals surface area contributed by atoms with E-state index < -0.39 is 0 Å². The fraction of sp³-hybridized carbons (Fsp3) is 0.364. The number of rotatable bonds is 1. The van der Waals surface area contributed by atoms with Gasteiger partial charge in [0, 0.05) is 0 Å². The van der Waals surface area contributed by atoms with Gasteiger partial charge < -0.3 is 10.1 Å². The molecule has 0 aromatic heterocycles. The molecule has 72 valence electrons. The molecular weight excluding hydrogens is 176 g/mol. The molecule has 0 fully saturated rings. The number of hydrogen-bond donors (Lipinski definition) is 1. The zero-order valence-electron chi connectivity index (χ0n) is 8.08. The van der Waals surface area contributed by atoms with Gasteiger partial charge in [-0.3, -0.25) is 0 Å². The molecule has 0 radical (unpaired) electrons. The van der Waals surface area contributed by atoms with E-state index in [0.717, 1.165) is 17.0 Å². The Labute approximate surface area is 83.3 Å². The lowest BCUT2D eigenvalue weighted by atomic mass is 10.1. The molecule has 0 saturated heterocycles. The quantitative estimate of drug-likeness (QED) is 0.733. The van der Waals surface area contributed by atoms with Crippen molar-refractivity contribution in [2.24, 2.45) is 0 Å². The topological polar surface area (TPSA) is 45.0 Å². The lowest BCUT2D eigenvalue weighted by Crippen LogP contribution is -2.31. The van der Waals surface area contributed by atoms with E-state index in [1.165, 1.54) is 0 Å². The maximum atomic E-state index is 8.58. The summed E-state index contributed by atoms with van der Waals surface area (Å²) in [7, 11) is 0. The van der Waals surface area contributed by atoms with Gasteiger partial charge >= 0.3 is 0 Å². The fourth-order valence-electron chi connectivity index (χ4n) is 1.62. The van der Waals surface area contributed by atoms with Gasteiger partial charge in [-0.05, 0) is 18.6 Å². The highest BCUT2D eigenvalue weighted by Gasteiger charge is 2.19. The number of para-hydroxylation sites is 1. The average molecular weight is 188 g/mol. The van der Waals surface area contributed by atoms with Crippen LogP contribution in [0.25, 0.3) is 0 Å². The second-order valence-electron chi connectivity index (χ2n) is 3.47. The van der Waals surface area contributed by atoms with E-state index in [4.69, 9.17) is 10.00 Å². The van der Waals surface area contributed by atoms with Crippen molar-refractivity contribution in [3.8, 4) is 11.8 Å². The maximum absolute atomic E-state index is 8.58. The van der Waals surface area contributed by atoms with E-state index in [2.05, 4.69) is 11.4 Å². The van der Waals surface area contributed by atoms with Crippen LogP contribution >= 0.6 is 0 Å². The lowest BCUT2D eigenvalue weighted by molar-refractivity contribution is 0.284. The number of nitriles is 1. The first-order valence-corrected chi connectivity index (χ1v) is 4.67. The summed E-state index contributed by atoms with van der Waals surface area (Å²) in [6.45, 7) is 2.59. The predicted octanol–water partition coefficient (Wildman–Crippen LogP) is 2.08. The molecule has 0 bridgehead atoms. The van der Waals surface area contributed by atoms with Gasteiger partial charge in [-0.2, -0.15) is 5.26 Å². The van der Waals surface area contributed by atoms with E-state index >= 15 is 0 Å². The molecule has 3 heteroatoms. The third-order valence-corrected chi connectivity index (χ3v) is 2.34. The minimum atomic E-state index is 0.120. The number of anilines is 1. The van der Waals surface area contributed by atoms with Gasteiger partial charge in [0.25, 0.3) is 0 Å². The smallest absolute Gasteiger partial charge is 0.145 e. The molecule has 1 N–H and O–H groups in total. The highest BCUT2D eigenvalue weighted by Crippen LogP contribution is 2.32. The van der Waals surface area contributed by atoms with E-state index in [0.29, 0.717) is 13.0 Å². The summed E-state index contributed by atoms with van der Waals surface area (Å²) in [6.07, 6.45) is 0.480. The van der Waals surface area contributed by atoms with Crippen molar-refractivity contribution >= 4 is 5.69 Å². The largest absolute Gasteiger partial charge is 0.489 e. The van der Waals surface area contributed by atoms with Crippen molar-refractivity contribution < 1.29 is 4.74 Å². The maximum Gasteiger partial charge on any atom is 0.145 e. The molecule has 1 aromatic rings. The second kappa shape index (κ2) is 3.59.